The second-order valence-corrected chi connectivity index (χ2v) is 12.7. The van der Waals surface area contributed by atoms with Crippen LogP contribution in [-0.4, -0.2) is 65.8 Å². The first-order chi connectivity index (χ1) is 17.1. The Kier molecular flexibility index (Phi) is 8.73. The van der Waals surface area contributed by atoms with Crippen molar-refractivity contribution in [3.05, 3.63) is 55.4 Å². The minimum absolute atomic E-state index is 0.0159. The number of nitrogens with zero attached hydrogens (tertiary/aromatic N) is 2. The van der Waals surface area contributed by atoms with E-state index >= 15 is 0 Å². The Morgan fingerprint density at radius 1 is 1.25 bits per heavy atom. The summed E-state index contributed by atoms with van der Waals surface area (Å²) in [6.45, 7) is 0. The van der Waals surface area contributed by atoms with E-state index in [-0.39, 0.29) is 23.2 Å². The Hall–Kier alpha value is -1.97. The van der Waals surface area contributed by atoms with Crippen LogP contribution >= 0.6 is 70.2 Å². The van der Waals surface area contributed by atoms with E-state index in [0.29, 0.717) is 35.7 Å². The zero-order chi connectivity index (χ0) is 26.0. The fourth-order valence-corrected chi connectivity index (χ4v) is 8.34. The van der Waals surface area contributed by atoms with Gasteiger partial charge in [0.2, 0.25) is 5.91 Å². The molecule has 3 heterocycles. The number of aliphatic carboxylic acids is 1. The van der Waals surface area contributed by atoms with Gasteiger partial charge in [0, 0.05) is 31.7 Å². The molecule has 1 fully saturated rings. The molecule has 1 saturated heterocycles. The number of carbonyl (C=O) groups excluding carboxylic acids is 2. The molecule has 2 aliphatic heterocycles. The maximum atomic E-state index is 12.8. The van der Waals surface area contributed by atoms with Gasteiger partial charge in [0.1, 0.15) is 28.0 Å². The molecule has 190 valence electrons. The van der Waals surface area contributed by atoms with Crippen molar-refractivity contribution >= 4 is 93.9 Å². The molecule has 4 rings (SSSR count). The van der Waals surface area contributed by atoms with Crippen LogP contribution in [0.1, 0.15) is 0 Å². The standard InChI is InChI=1S/C20H17Cl2N5O5S4/c21-8-1-2-9(22)10(3-8)33-6-13(28)25-15-17(29)27-16(19(30)31)11(5-34-18(15)27)35-7-36-14-4-12(23)24-20(32)26-14/h1-4,15,18H,5-7H2,(H,25,28)(H,30,31)(H3,23,24,26,32)/t15-,18-/m1/s1. The van der Waals surface area contributed by atoms with Gasteiger partial charge in [0.05, 0.1) is 10.8 Å². The number of nitrogens with one attached hydrogen (secondary N) is 2. The highest BCUT2D eigenvalue weighted by atomic mass is 35.5. The predicted molar refractivity (Wildman–Crippen MR) is 144 cm³/mol. The van der Waals surface area contributed by atoms with Crippen LogP contribution in [0.2, 0.25) is 10.0 Å². The topological polar surface area (TPSA) is 158 Å². The molecule has 0 radical (unpaired) electrons. The average Bonchev–Trinajstić information content (AvgIpc) is 2.82. The first-order valence-corrected chi connectivity index (χ1v) is 14.8. The Labute approximate surface area is 231 Å². The van der Waals surface area contributed by atoms with E-state index in [4.69, 9.17) is 28.9 Å². The third-order valence-corrected chi connectivity index (χ3v) is 10.2. The van der Waals surface area contributed by atoms with Crippen molar-refractivity contribution in [2.24, 2.45) is 0 Å². The number of nitrogens with two attached hydrogens (primary N) is 1. The number of H-pyrrole nitrogens is 1. The number of hydrogen-bond acceptors (Lipinski definition) is 10. The molecule has 2 amide bonds. The molecule has 10 nitrogen and oxygen atoms in total. The normalized spacial score (nSPS) is 19.1. The van der Waals surface area contributed by atoms with E-state index < -0.39 is 29.0 Å². The molecule has 2 aromatic rings. The van der Waals surface area contributed by atoms with E-state index in [1.165, 1.54) is 58.0 Å². The molecule has 2 atom stereocenters. The maximum absolute atomic E-state index is 12.8. The molecule has 1 aromatic carbocycles. The fraction of sp³-hybridized carbons (Fsp3) is 0.250. The van der Waals surface area contributed by atoms with Crippen LogP contribution < -0.4 is 16.7 Å². The first-order valence-electron chi connectivity index (χ1n) is 10.0. The molecule has 0 unspecified atom stereocenters. The number of thioether (sulfide) groups is 4. The van der Waals surface area contributed by atoms with Crippen molar-refractivity contribution in [3.8, 4) is 0 Å². The van der Waals surface area contributed by atoms with Crippen LogP contribution in [0.15, 0.2) is 49.6 Å². The fourth-order valence-electron chi connectivity index (χ4n) is 3.34. The van der Waals surface area contributed by atoms with Crippen molar-refractivity contribution in [1.29, 1.82) is 0 Å². The number of carboxylic acids is 1. The minimum Gasteiger partial charge on any atom is -0.477 e. The monoisotopic (exact) mass is 605 g/mol. The summed E-state index contributed by atoms with van der Waals surface area (Å²) < 4.78 is 0. The number of aromatic nitrogens is 2. The van der Waals surface area contributed by atoms with E-state index in [9.17, 15) is 24.3 Å². The number of anilines is 1. The van der Waals surface area contributed by atoms with Gasteiger partial charge < -0.3 is 16.2 Å². The zero-order valence-electron chi connectivity index (χ0n) is 18.0. The first kappa shape index (κ1) is 27.1. The van der Waals surface area contributed by atoms with Crippen LogP contribution in [0.4, 0.5) is 5.82 Å². The Morgan fingerprint density at radius 2 is 2.03 bits per heavy atom. The van der Waals surface area contributed by atoms with Crippen LogP contribution in [0.25, 0.3) is 0 Å². The molecule has 0 spiro atoms. The van der Waals surface area contributed by atoms with Gasteiger partial charge in [0.25, 0.3) is 5.91 Å². The average molecular weight is 607 g/mol. The number of carboxylic acid groups (broad SMARTS) is 1. The smallest absolute Gasteiger partial charge is 0.353 e. The second-order valence-electron chi connectivity index (χ2n) is 7.28. The number of fused-ring (bicyclic) bond motifs is 1. The molecular weight excluding hydrogens is 589 g/mol. The third-order valence-electron chi connectivity index (χ3n) is 4.89. The number of rotatable bonds is 9. The summed E-state index contributed by atoms with van der Waals surface area (Å²) in [4.78, 5) is 57.2. The Bertz CT molecular complexity index is 1320. The maximum Gasteiger partial charge on any atom is 0.353 e. The molecule has 2 aliphatic rings. The van der Waals surface area contributed by atoms with Crippen molar-refractivity contribution < 1.29 is 19.5 Å². The number of amides is 2. The van der Waals surface area contributed by atoms with Gasteiger partial charge in [-0.05, 0) is 18.2 Å². The van der Waals surface area contributed by atoms with E-state index in [1.807, 2.05) is 0 Å². The van der Waals surface area contributed by atoms with Crippen molar-refractivity contribution in [2.45, 2.75) is 21.3 Å². The highest BCUT2D eigenvalue weighted by Crippen LogP contribution is 2.44. The molecule has 16 heteroatoms. The van der Waals surface area contributed by atoms with Gasteiger partial charge in [-0.15, -0.1) is 35.3 Å². The summed E-state index contributed by atoms with van der Waals surface area (Å²) in [5.74, 6) is -1.55. The lowest BCUT2D eigenvalue weighted by Crippen LogP contribution is -2.70. The van der Waals surface area contributed by atoms with Crippen molar-refractivity contribution in [2.75, 3.05) is 22.3 Å². The minimum atomic E-state index is -1.23. The zero-order valence-corrected chi connectivity index (χ0v) is 22.8. The Balaban J connectivity index is 1.36. The molecular formula is C20H17Cl2N5O5S4. The number of β-lactam (4-membered cyclic amide) rings is 1. The molecule has 1 aromatic heterocycles. The van der Waals surface area contributed by atoms with Gasteiger partial charge in [-0.25, -0.2) is 9.59 Å². The van der Waals surface area contributed by atoms with Gasteiger partial charge in [-0.2, -0.15) is 4.98 Å². The second kappa shape index (κ2) is 11.6. The number of nitrogen functional groups attached to an aromatic ring is 1. The van der Waals surface area contributed by atoms with Crippen molar-refractivity contribution in [3.63, 3.8) is 0 Å². The van der Waals surface area contributed by atoms with E-state index in [0.717, 1.165) is 0 Å². The van der Waals surface area contributed by atoms with Crippen LogP contribution in [0.5, 0.6) is 0 Å². The summed E-state index contributed by atoms with van der Waals surface area (Å²) in [6.07, 6.45) is 0. The molecule has 5 N–H and O–H groups in total. The third kappa shape index (κ3) is 6.11. The summed E-state index contributed by atoms with van der Waals surface area (Å²) in [5, 5.41) is 13.7. The summed E-state index contributed by atoms with van der Waals surface area (Å²) in [7, 11) is 0. The van der Waals surface area contributed by atoms with Gasteiger partial charge in [0.15, 0.2) is 0 Å². The van der Waals surface area contributed by atoms with Crippen LogP contribution in [-0.2, 0) is 14.4 Å². The molecule has 0 bridgehead atoms. The summed E-state index contributed by atoms with van der Waals surface area (Å²) >= 11 is 17.1. The Morgan fingerprint density at radius 3 is 2.75 bits per heavy atom. The molecule has 0 saturated carbocycles. The number of hydrogen-bond donors (Lipinski definition) is 4. The van der Waals surface area contributed by atoms with Gasteiger partial charge in [-0.3, -0.25) is 19.5 Å². The van der Waals surface area contributed by atoms with Crippen LogP contribution in [0, 0.1) is 0 Å². The SMILES string of the molecule is Nc1cc(SCSC2=C(C(=O)O)N3C(=O)[C@@H](NC(=O)CSc4cc(Cl)ccc4Cl)[C@H]3SC2)nc(=O)[nH]1. The number of halogens is 2. The lowest BCUT2D eigenvalue weighted by atomic mass is 10.1. The number of benzene rings is 1. The molecule has 36 heavy (non-hydrogen) atoms. The van der Waals surface area contributed by atoms with E-state index in [2.05, 4.69) is 15.3 Å². The van der Waals surface area contributed by atoms with Crippen LogP contribution in [0.3, 0.4) is 0 Å². The highest BCUT2D eigenvalue weighted by molar-refractivity contribution is 8.18. The van der Waals surface area contributed by atoms with Gasteiger partial charge >= 0.3 is 11.7 Å². The van der Waals surface area contributed by atoms with E-state index in [1.54, 1.807) is 18.2 Å². The highest BCUT2D eigenvalue weighted by Gasteiger charge is 2.54. The lowest BCUT2D eigenvalue weighted by molar-refractivity contribution is -0.150. The van der Waals surface area contributed by atoms with Crippen molar-refractivity contribution in [1.82, 2.24) is 20.2 Å². The molecule has 0 aliphatic carbocycles. The lowest BCUT2D eigenvalue weighted by Gasteiger charge is -2.49. The largest absolute Gasteiger partial charge is 0.477 e. The number of carbonyl (C=O) groups is 3. The quantitative estimate of drug-likeness (QED) is 0.144. The predicted octanol–water partition coefficient (Wildman–Crippen LogP) is 2.93. The number of aromatic amines is 1. The van der Waals surface area contributed by atoms with Gasteiger partial charge in [-0.1, -0.05) is 35.0 Å². The summed E-state index contributed by atoms with van der Waals surface area (Å²) in [5.41, 5.74) is 4.94. The summed E-state index contributed by atoms with van der Waals surface area (Å²) in [6, 6.07) is 5.61.